The summed E-state index contributed by atoms with van der Waals surface area (Å²) >= 11 is 5.82. The van der Waals surface area contributed by atoms with E-state index in [0.29, 0.717) is 0 Å². The number of hydrogen-bond acceptors (Lipinski definition) is 5. The first-order valence-electron chi connectivity index (χ1n) is 4.88. The van der Waals surface area contributed by atoms with Crippen molar-refractivity contribution in [3.05, 3.63) is 39.9 Å². The Labute approximate surface area is 109 Å². The zero-order valence-electron chi connectivity index (χ0n) is 9.70. The lowest BCUT2D eigenvalue weighted by atomic mass is 10.1. The van der Waals surface area contributed by atoms with Crippen molar-refractivity contribution in [1.82, 2.24) is 0 Å². The molecule has 0 aliphatic carbocycles. The molecule has 0 saturated carbocycles. The molecule has 100 valence electrons. The van der Waals surface area contributed by atoms with Crippen LogP contribution in [0.3, 0.4) is 0 Å². The molecule has 0 aliphatic heterocycles. The van der Waals surface area contributed by atoms with E-state index in [2.05, 4.69) is 0 Å². The van der Waals surface area contributed by atoms with Crippen LogP contribution in [0.5, 0.6) is 0 Å². The molecule has 1 aromatic carbocycles. The minimum Gasteiger partial charge on any atom is -0.385 e. The molecule has 0 fully saturated rings. The van der Waals surface area contributed by atoms with Crippen molar-refractivity contribution in [3.63, 3.8) is 0 Å². The molecule has 0 amide bonds. The van der Waals surface area contributed by atoms with Crippen LogP contribution in [0.25, 0.3) is 0 Å². The van der Waals surface area contributed by atoms with Gasteiger partial charge in [-0.25, -0.2) is 8.42 Å². The monoisotopic (exact) mass is 293 g/mol. The van der Waals surface area contributed by atoms with Crippen LogP contribution in [-0.2, 0) is 9.84 Å². The fraction of sp³-hybridized carbons (Fsp3) is 0.400. The number of alkyl halides is 1. The predicted molar refractivity (Wildman–Crippen MR) is 67.2 cm³/mol. The number of nitro benzene ring substituents is 1. The van der Waals surface area contributed by atoms with Crippen molar-refractivity contribution < 1.29 is 18.4 Å². The van der Waals surface area contributed by atoms with Gasteiger partial charge in [-0.3, -0.25) is 10.1 Å². The number of benzene rings is 1. The van der Waals surface area contributed by atoms with Crippen LogP contribution in [-0.4, -0.2) is 28.9 Å². The quantitative estimate of drug-likeness (QED) is 0.517. The number of rotatable bonds is 4. The van der Waals surface area contributed by atoms with Gasteiger partial charge in [0.1, 0.15) is 6.10 Å². The molecular formula is C10H12ClNO5S. The second-order valence-corrected chi connectivity index (χ2v) is 7.41. The second-order valence-electron chi connectivity index (χ2n) is 4.01. The molecule has 8 heteroatoms. The van der Waals surface area contributed by atoms with E-state index in [-0.39, 0.29) is 11.3 Å². The van der Waals surface area contributed by atoms with Gasteiger partial charge in [0.25, 0.3) is 5.69 Å². The highest BCUT2D eigenvalue weighted by Gasteiger charge is 2.42. The number of sulfone groups is 1. The fourth-order valence-electron chi connectivity index (χ4n) is 1.31. The van der Waals surface area contributed by atoms with Gasteiger partial charge in [-0.15, -0.1) is 0 Å². The van der Waals surface area contributed by atoms with Crippen LogP contribution < -0.4 is 0 Å². The molecule has 1 rings (SSSR count). The zero-order valence-corrected chi connectivity index (χ0v) is 11.3. The van der Waals surface area contributed by atoms with Crippen LogP contribution >= 0.6 is 11.6 Å². The van der Waals surface area contributed by atoms with Crippen LogP contribution in [0, 0.1) is 10.1 Å². The van der Waals surface area contributed by atoms with Gasteiger partial charge in [-0.1, -0.05) is 23.7 Å². The molecule has 2 atom stereocenters. The Bertz CT molecular complexity index is 569. The highest BCUT2D eigenvalue weighted by atomic mass is 35.5. The minimum absolute atomic E-state index is 0.0760. The minimum atomic E-state index is -3.74. The Morgan fingerprint density at radius 2 is 2.06 bits per heavy atom. The Balaban J connectivity index is 3.23. The molecule has 1 N–H and O–H groups in total. The van der Waals surface area contributed by atoms with Crippen molar-refractivity contribution in [2.24, 2.45) is 0 Å². The first kappa shape index (κ1) is 14.9. The summed E-state index contributed by atoms with van der Waals surface area (Å²) in [6.45, 7) is 1.15. The van der Waals surface area contributed by atoms with Crippen LogP contribution in [0.4, 0.5) is 5.69 Å². The van der Waals surface area contributed by atoms with E-state index in [9.17, 15) is 23.6 Å². The Kier molecular flexibility index (Phi) is 3.99. The first-order valence-corrected chi connectivity index (χ1v) is 7.15. The van der Waals surface area contributed by atoms with E-state index < -0.39 is 25.1 Å². The standard InChI is InChI=1S/C10H12ClNO5S/c1-10(11,18(2,16)17)9(13)7-4-3-5-8(6-7)12(14)15/h3-6,9,13H,1-2H3. The number of aliphatic hydroxyl groups is 1. The maximum atomic E-state index is 11.5. The lowest BCUT2D eigenvalue weighted by Gasteiger charge is -2.26. The molecule has 0 saturated heterocycles. The largest absolute Gasteiger partial charge is 0.385 e. The lowest BCUT2D eigenvalue weighted by Crippen LogP contribution is -2.35. The molecule has 1 aromatic rings. The molecule has 0 heterocycles. The van der Waals surface area contributed by atoms with Gasteiger partial charge in [0.2, 0.25) is 0 Å². The van der Waals surface area contributed by atoms with E-state index in [4.69, 9.17) is 11.6 Å². The van der Waals surface area contributed by atoms with Crippen LogP contribution in [0.15, 0.2) is 24.3 Å². The summed E-state index contributed by atoms with van der Waals surface area (Å²) in [6, 6.07) is 5.06. The van der Waals surface area contributed by atoms with Gasteiger partial charge in [-0.2, -0.15) is 0 Å². The number of nitrogens with zero attached hydrogens (tertiary/aromatic N) is 1. The highest BCUT2D eigenvalue weighted by Crippen LogP contribution is 2.36. The smallest absolute Gasteiger partial charge is 0.269 e. The van der Waals surface area contributed by atoms with E-state index in [0.717, 1.165) is 19.2 Å². The SMILES string of the molecule is CC(Cl)(C(O)c1cccc([N+](=O)[O-])c1)S(C)(=O)=O. The van der Waals surface area contributed by atoms with Crippen LogP contribution in [0.1, 0.15) is 18.6 Å². The van der Waals surface area contributed by atoms with Crippen molar-refractivity contribution in [1.29, 1.82) is 0 Å². The summed E-state index contributed by atoms with van der Waals surface area (Å²) in [6.07, 6.45) is -0.672. The molecular weight excluding hydrogens is 282 g/mol. The highest BCUT2D eigenvalue weighted by molar-refractivity contribution is 7.93. The van der Waals surface area contributed by atoms with E-state index in [1.807, 2.05) is 0 Å². The third kappa shape index (κ3) is 2.80. The number of halogens is 1. The average Bonchev–Trinajstić information content (AvgIpc) is 2.26. The van der Waals surface area contributed by atoms with Crippen LogP contribution in [0.2, 0.25) is 0 Å². The van der Waals surface area contributed by atoms with E-state index in [1.165, 1.54) is 18.2 Å². The van der Waals surface area contributed by atoms with Crippen molar-refractivity contribution >= 4 is 27.1 Å². The molecule has 0 aromatic heterocycles. The van der Waals surface area contributed by atoms with Gasteiger partial charge in [0.15, 0.2) is 14.0 Å². The summed E-state index contributed by atoms with van der Waals surface area (Å²) in [5.74, 6) is 0. The number of nitro groups is 1. The average molecular weight is 294 g/mol. The first-order chi connectivity index (χ1) is 8.07. The molecule has 6 nitrogen and oxygen atoms in total. The van der Waals surface area contributed by atoms with E-state index in [1.54, 1.807) is 0 Å². The Morgan fingerprint density at radius 1 is 1.50 bits per heavy atom. The van der Waals surface area contributed by atoms with Gasteiger partial charge >= 0.3 is 0 Å². The maximum absolute atomic E-state index is 11.5. The molecule has 0 spiro atoms. The summed E-state index contributed by atoms with van der Waals surface area (Å²) < 4.78 is 21.0. The normalized spacial score (nSPS) is 16.9. The van der Waals surface area contributed by atoms with Crippen molar-refractivity contribution in [2.75, 3.05) is 6.26 Å². The van der Waals surface area contributed by atoms with Gasteiger partial charge in [0, 0.05) is 18.4 Å². The molecule has 0 bridgehead atoms. The molecule has 18 heavy (non-hydrogen) atoms. The Morgan fingerprint density at radius 3 is 2.50 bits per heavy atom. The fourth-order valence-corrected chi connectivity index (χ4v) is 1.98. The molecule has 2 unspecified atom stereocenters. The summed E-state index contributed by atoms with van der Waals surface area (Å²) in [5, 5.41) is 20.6. The van der Waals surface area contributed by atoms with Crippen molar-refractivity contribution in [3.8, 4) is 0 Å². The summed E-state index contributed by atoms with van der Waals surface area (Å²) in [5.41, 5.74) is -0.167. The third-order valence-corrected chi connectivity index (χ3v) is 5.33. The molecule has 0 radical (unpaired) electrons. The molecule has 0 aliphatic rings. The van der Waals surface area contributed by atoms with Gasteiger partial charge < -0.3 is 5.11 Å². The topological polar surface area (TPSA) is 97.5 Å². The van der Waals surface area contributed by atoms with Crippen molar-refractivity contribution in [2.45, 2.75) is 17.2 Å². The second kappa shape index (κ2) is 4.83. The number of hydrogen-bond donors (Lipinski definition) is 1. The Hall–Kier alpha value is -1.18. The zero-order chi connectivity index (χ0) is 14.1. The maximum Gasteiger partial charge on any atom is 0.269 e. The summed E-state index contributed by atoms with van der Waals surface area (Å²) in [7, 11) is -3.74. The van der Waals surface area contributed by atoms with Gasteiger partial charge in [0.05, 0.1) is 4.92 Å². The van der Waals surface area contributed by atoms with E-state index >= 15 is 0 Å². The van der Waals surface area contributed by atoms with Gasteiger partial charge in [-0.05, 0) is 12.5 Å². The third-order valence-electron chi connectivity index (χ3n) is 2.61. The number of non-ortho nitro benzene ring substituents is 1. The predicted octanol–water partition coefficient (Wildman–Crippen LogP) is 1.63. The number of aliphatic hydroxyl groups excluding tert-OH is 1. The lowest BCUT2D eigenvalue weighted by molar-refractivity contribution is -0.385. The summed E-state index contributed by atoms with van der Waals surface area (Å²) in [4.78, 5) is 9.96.